The fourth-order valence-corrected chi connectivity index (χ4v) is 2.65. The van der Waals surface area contributed by atoms with Crippen LogP contribution < -0.4 is 11.2 Å². The SMILES string of the molecule is CSc1ccc(C(=O)OCc2cc(=O)n(C)c(=O)n2C)cc1[N+](=O)[O-]. The number of nitro groups is 1. The number of aromatic nitrogens is 2. The van der Waals surface area contributed by atoms with Crippen molar-refractivity contribution in [2.45, 2.75) is 11.5 Å². The Bertz CT molecular complexity index is 963. The summed E-state index contributed by atoms with van der Waals surface area (Å²) in [4.78, 5) is 46.5. The number of benzene rings is 1. The van der Waals surface area contributed by atoms with E-state index in [1.165, 1.54) is 48.6 Å². The third-order valence-corrected chi connectivity index (χ3v) is 4.37. The third kappa shape index (κ3) is 3.79. The van der Waals surface area contributed by atoms with E-state index in [2.05, 4.69) is 0 Å². The first-order chi connectivity index (χ1) is 11.8. The molecule has 0 saturated carbocycles. The summed E-state index contributed by atoms with van der Waals surface area (Å²) in [6.07, 6.45) is 1.69. The number of hydrogen-bond donors (Lipinski definition) is 0. The van der Waals surface area contributed by atoms with Crippen LogP contribution in [0, 0.1) is 10.1 Å². The Morgan fingerprint density at radius 2 is 1.92 bits per heavy atom. The molecule has 0 unspecified atom stereocenters. The van der Waals surface area contributed by atoms with Crippen molar-refractivity contribution in [1.29, 1.82) is 0 Å². The summed E-state index contributed by atoms with van der Waals surface area (Å²) in [5, 5.41) is 11.1. The van der Waals surface area contributed by atoms with Crippen molar-refractivity contribution in [2.24, 2.45) is 14.1 Å². The molecule has 10 heteroatoms. The van der Waals surface area contributed by atoms with Gasteiger partial charge in [-0.05, 0) is 18.4 Å². The molecule has 1 heterocycles. The van der Waals surface area contributed by atoms with Gasteiger partial charge in [0.25, 0.3) is 11.2 Å². The van der Waals surface area contributed by atoms with Crippen molar-refractivity contribution in [1.82, 2.24) is 9.13 Å². The van der Waals surface area contributed by atoms with Gasteiger partial charge >= 0.3 is 11.7 Å². The summed E-state index contributed by atoms with van der Waals surface area (Å²) < 4.78 is 7.19. The number of esters is 1. The van der Waals surface area contributed by atoms with Gasteiger partial charge in [-0.2, -0.15) is 0 Å². The summed E-state index contributed by atoms with van der Waals surface area (Å²) >= 11 is 1.19. The standard InChI is InChI=1S/C15H15N3O6S/c1-16-10(7-13(19)17(2)15(16)21)8-24-14(20)9-4-5-12(25-3)11(6-9)18(22)23/h4-7H,8H2,1-3H3. The van der Waals surface area contributed by atoms with E-state index in [0.29, 0.717) is 4.90 Å². The minimum atomic E-state index is -0.788. The molecule has 0 N–H and O–H groups in total. The molecular formula is C15H15N3O6S. The normalized spacial score (nSPS) is 10.5. The molecule has 2 aromatic rings. The van der Waals surface area contributed by atoms with Crippen LogP contribution in [0.5, 0.6) is 0 Å². The maximum atomic E-state index is 12.1. The zero-order chi connectivity index (χ0) is 18.7. The van der Waals surface area contributed by atoms with Crippen LogP contribution in [-0.4, -0.2) is 26.3 Å². The lowest BCUT2D eigenvalue weighted by Gasteiger charge is -2.10. The van der Waals surface area contributed by atoms with Gasteiger partial charge < -0.3 is 4.74 Å². The molecule has 1 aromatic carbocycles. The number of thioether (sulfide) groups is 1. The van der Waals surface area contributed by atoms with E-state index >= 15 is 0 Å². The van der Waals surface area contributed by atoms with Gasteiger partial charge in [-0.3, -0.25) is 24.0 Å². The second-order valence-electron chi connectivity index (χ2n) is 5.09. The lowest BCUT2D eigenvalue weighted by Crippen LogP contribution is -2.38. The highest BCUT2D eigenvalue weighted by molar-refractivity contribution is 7.98. The van der Waals surface area contributed by atoms with Gasteiger partial charge in [-0.25, -0.2) is 9.59 Å². The van der Waals surface area contributed by atoms with Crippen LogP contribution in [-0.2, 0) is 25.4 Å². The van der Waals surface area contributed by atoms with Gasteiger partial charge in [0.05, 0.1) is 21.1 Å². The molecule has 0 aliphatic rings. The number of nitro benzene ring substituents is 1. The van der Waals surface area contributed by atoms with Crippen LogP contribution in [0.25, 0.3) is 0 Å². The highest BCUT2D eigenvalue weighted by Gasteiger charge is 2.18. The molecular weight excluding hydrogens is 350 g/mol. The largest absolute Gasteiger partial charge is 0.456 e. The first-order valence-electron chi connectivity index (χ1n) is 7.01. The molecule has 1 aromatic heterocycles. The fourth-order valence-electron chi connectivity index (χ4n) is 2.10. The van der Waals surface area contributed by atoms with Crippen molar-refractivity contribution in [3.63, 3.8) is 0 Å². The lowest BCUT2D eigenvalue weighted by molar-refractivity contribution is -0.387. The fraction of sp³-hybridized carbons (Fsp3) is 0.267. The van der Waals surface area contributed by atoms with Crippen LogP contribution >= 0.6 is 11.8 Å². The van der Waals surface area contributed by atoms with Gasteiger partial charge in [-0.1, -0.05) is 0 Å². The zero-order valence-corrected chi connectivity index (χ0v) is 14.5. The van der Waals surface area contributed by atoms with E-state index < -0.39 is 22.1 Å². The number of hydrogen-bond acceptors (Lipinski definition) is 7. The van der Waals surface area contributed by atoms with E-state index in [0.717, 1.165) is 10.6 Å². The third-order valence-electron chi connectivity index (χ3n) is 3.59. The number of nitrogens with zero attached hydrogens (tertiary/aromatic N) is 3. The lowest BCUT2D eigenvalue weighted by atomic mass is 10.2. The summed E-state index contributed by atoms with van der Waals surface area (Å²) in [6.45, 7) is -0.307. The van der Waals surface area contributed by atoms with E-state index in [4.69, 9.17) is 4.74 Å². The van der Waals surface area contributed by atoms with E-state index in [-0.39, 0.29) is 23.6 Å². The maximum Gasteiger partial charge on any atom is 0.338 e. The van der Waals surface area contributed by atoms with Crippen LogP contribution in [0.3, 0.4) is 0 Å². The summed E-state index contributed by atoms with van der Waals surface area (Å²) in [5.41, 5.74) is -1.02. The van der Waals surface area contributed by atoms with Gasteiger partial charge in [0, 0.05) is 26.2 Å². The van der Waals surface area contributed by atoms with Gasteiger partial charge in [0.15, 0.2) is 0 Å². The summed E-state index contributed by atoms with van der Waals surface area (Å²) in [5.74, 6) is -0.788. The molecule has 0 aliphatic carbocycles. The van der Waals surface area contributed by atoms with Crippen molar-refractivity contribution >= 4 is 23.4 Å². The monoisotopic (exact) mass is 365 g/mol. The van der Waals surface area contributed by atoms with Crippen LogP contribution in [0.15, 0.2) is 38.8 Å². The Morgan fingerprint density at radius 1 is 1.24 bits per heavy atom. The Labute approximate surface area is 146 Å². The molecule has 0 atom stereocenters. The molecule has 0 radical (unpaired) electrons. The molecule has 132 valence electrons. The molecule has 0 amide bonds. The second-order valence-corrected chi connectivity index (χ2v) is 5.94. The van der Waals surface area contributed by atoms with E-state index in [9.17, 15) is 24.5 Å². The van der Waals surface area contributed by atoms with Crippen molar-refractivity contribution in [2.75, 3.05) is 6.26 Å². The topological polar surface area (TPSA) is 113 Å². The van der Waals surface area contributed by atoms with Crippen molar-refractivity contribution in [3.05, 3.63) is 66.5 Å². The molecule has 9 nitrogen and oxygen atoms in total. The first-order valence-corrected chi connectivity index (χ1v) is 8.24. The van der Waals surface area contributed by atoms with Gasteiger partial charge in [0.2, 0.25) is 0 Å². The smallest absolute Gasteiger partial charge is 0.338 e. The highest BCUT2D eigenvalue weighted by atomic mass is 32.2. The molecule has 0 fully saturated rings. The number of ether oxygens (including phenoxy) is 1. The summed E-state index contributed by atoms with van der Waals surface area (Å²) in [7, 11) is 2.79. The van der Waals surface area contributed by atoms with E-state index in [1.807, 2.05) is 0 Å². The Kier molecular flexibility index (Phi) is 5.42. The number of carbonyl (C=O) groups excluding carboxylic acids is 1. The average molecular weight is 365 g/mol. The Morgan fingerprint density at radius 3 is 2.52 bits per heavy atom. The second kappa shape index (κ2) is 7.34. The van der Waals surface area contributed by atoms with Crippen molar-refractivity contribution < 1.29 is 14.5 Å². The minimum Gasteiger partial charge on any atom is -0.456 e. The molecule has 0 saturated heterocycles. The number of rotatable bonds is 5. The highest BCUT2D eigenvalue weighted by Crippen LogP contribution is 2.28. The average Bonchev–Trinajstić information content (AvgIpc) is 2.60. The quantitative estimate of drug-likeness (QED) is 0.337. The Hall–Kier alpha value is -2.88. The molecule has 0 bridgehead atoms. The van der Waals surface area contributed by atoms with Crippen molar-refractivity contribution in [3.8, 4) is 0 Å². The predicted molar refractivity (Wildman–Crippen MR) is 90.9 cm³/mol. The minimum absolute atomic E-state index is 0.0123. The van der Waals surface area contributed by atoms with Gasteiger partial charge in [-0.15, -0.1) is 11.8 Å². The molecule has 0 spiro atoms. The summed E-state index contributed by atoms with van der Waals surface area (Å²) in [6, 6.07) is 5.21. The molecule has 2 rings (SSSR count). The van der Waals surface area contributed by atoms with Gasteiger partial charge in [0.1, 0.15) is 6.61 Å². The van der Waals surface area contributed by atoms with Crippen LogP contribution in [0.2, 0.25) is 0 Å². The first kappa shape index (κ1) is 18.5. The van der Waals surface area contributed by atoms with E-state index in [1.54, 1.807) is 6.26 Å². The number of carbonyl (C=O) groups is 1. The Balaban J connectivity index is 2.24. The zero-order valence-electron chi connectivity index (χ0n) is 13.7. The molecule has 25 heavy (non-hydrogen) atoms. The predicted octanol–water partition coefficient (Wildman–Crippen LogP) is 1.07. The maximum absolute atomic E-state index is 12.1. The molecule has 0 aliphatic heterocycles. The van der Waals surface area contributed by atoms with Crippen LogP contribution in [0.1, 0.15) is 16.1 Å². The van der Waals surface area contributed by atoms with Crippen LogP contribution in [0.4, 0.5) is 5.69 Å².